The largest absolute Gasteiger partial charge is 0.486 e. The molecule has 7 heteroatoms. The van der Waals surface area contributed by atoms with Gasteiger partial charge in [-0.2, -0.15) is 4.39 Å². The topological polar surface area (TPSA) is 9.23 Å². The summed E-state index contributed by atoms with van der Waals surface area (Å²) in [4.78, 5) is 0. The highest BCUT2D eigenvalue weighted by Gasteiger charge is 2.22. The second kappa shape index (κ2) is 12.1. The normalized spacial score (nSPS) is 17.7. The number of hydrogen-bond donors (Lipinski definition) is 0. The van der Waals surface area contributed by atoms with Gasteiger partial charge in [-0.05, 0) is 65.6 Å². The first-order chi connectivity index (χ1) is 17.8. The molecule has 0 bridgehead atoms. The van der Waals surface area contributed by atoms with Gasteiger partial charge in [0.15, 0.2) is 29.0 Å². The van der Waals surface area contributed by atoms with E-state index in [1.54, 1.807) is 0 Å². The van der Waals surface area contributed by atoms with Crippen molar-refractivity contribution < 1.29 is 31.1 Å². The maximum absolute atomic E-state index is 14.7. The molecule has 3 aromatic carbocycles. The maximum atomic E-state index is 14.7. The lowest BCUT2D eigenvalue weighted by molar-refractivity contribution is 0.251. The molecule has 0 atom stereocenters. The molecular formula is C30H30F6O. The number of aryl methyl sites for hydroxylation is 1. The summed E-state index contributed by atoms with van der Waals surface area (Å²) < 4.78 is 89.5. The highest BCUT2D eigenvalue weighted by atomic mass is 19.2. The van der Waals surface area contributed by atoms with Crippen LogP contribution in [0.4, 0.5) is 26.3 Å². The van der Waals surface area contributed by atoms with E-state index in [1.165, 1.54) is 49.9 Å². The first-order valence-electron chi connectivity index (χ1n) is 12.8. The molecule has 1 aliphatic carbocycles. The van der Waals surface area contributed by atoms with E-state index in [-0.39, 0.29) is 23.5 Å². The summed E-state index contributed by atoms with van der Waals surface area (Å²) in [5.74, 6) is -6.28. The SMILES string of the molecule is CCCC1CCC(CCc2ccc(OCc3ccc(-c4cc(F)c(F)c(F)c4)c(F)c3)c(F)c2F)CC1. The molecule has 0 N–H and O–H groups in total. The Morgan fingerprint density at radius 2 is 1.35 bits per heavy atom. The molecule has 37 heavy (non-hydrogen) atoms. The molecule has 0 amide bonds. The summed E-state index contributed by atoms with van der Waals surface area (Å²) in [6.07, 6.45) is 8.44. The molecular weight excluding hydrogens is 490 g/mol. The van der Waals surface area contributed by atoms with E-state index in [0.29, 0.717) is 35.6 Å². The number of ether oxygens (including phenoxy) is 1. The van der Waals surface area contributed by atoms with E-state index in [1.807, 2.05) is 0 Å². The van der Waals surface area contributed by atoms with Crippen LogP contribution in [-0.4, -0.2) is 0 Å². The van der Waals surface area contributed by atoms with Gasteiger partial charge in [-0.25, -0.2) is 22.0 Å². The van der Waals surface area contributed by atoms with Crippen LogP contribution in [0.1, 0.15) is 63.0 Å². The summed E-state index contributed by atoms with van der Waals surface area (Å²) in [5.41, 5.74) is 0.308. The molecule has 4 rings (SSSR count). The van der Waals surface area contributed by atoms with E-state index in [2.05, 4.69) is 6.92 Å². The Labute approximate surface area is 213 Å². The fraction of sp³-hybridized carbons (Fsp3) is 0.400. The minimum Gasteiger partial charge on any atom is -0.486 e. The standard InChI is InChI=1S/C30H30F6O/c1-2-3-18-4-6-19(7-5-18)8-10-21-11-13-27(30(36)28(21)34)37-17-20-9-12-23(24(31)14-20)22-15-25(32)29(35)26(33)16-22/h9,11-16,18-19H,2-8,10,17H2,1H3. The van der Waals surface area contributed by atoms with Crippen LogP contribution >= 0.6 is 0 Å². The predicted molar refractivity (Wildman–Crippen MR) is 131 cm³/mol. The summed E-state index contributed by atoms with van der Waals surface area (Å²) in [5, 5.41) is 0. The van der Waals surface area contributed by atoms with Gasteiger partial charge in [0.25, 0.3) is 0 Å². The minimum absolute atomic E-state index is 0.137. The number of rotatable bonds is 9. The summed E-state index contributed by atoms with van der Waals surface area (Å²) in [6, 6.07) is 8.05. The van der Waals surface area contributed by atoms with Crippen LogP contribution in [0.5, 0.6) is 5.75 Å². The maximum Gasteiger partial charge on any atom is 0.200 e. The van der Waals surface area contributed by atoms with Gasteiger partial charge in [0, 0.05) is 5.56 Å². The predicted octanol–water partition coefficient (Wildman–Crippen LogP) is 9.31. The van der Waals surface area contributed by atoms with E-state index in [4.69, 9.17) is 4.74 Å². The molecule has 0 unspecified atom stereocenters. The van der Waals surface area contributed by atoms with Gasteiger partial charge in [-0.3, -0.25) is 0 Å². The van der Waals surface area contributed by atoms with Crippen molar-refractivity contribution in [3.63, 3.8) is 0 Å². The Hall–Kier alpha value is -2.96. The van der Waals surface area contributed by atoms with Crippen molar-refractivity contribution >= 4 is 0 Å². The molecule has 0 radical (unpaired) electrons. The molecule has 198 valence electrons. The lowest BCUT2D eigenvalue weighted by Gasteiger charge is -2.28. The van der Waals surface area contributed by atoms with Crippen molar-refractivity contribution in [3.8, 4) is 16.9 Å². The Morgan fingerprint density at radius 1 is 0.703 bits per heavy atom. The summed E-state index contributed by atoms with van der Waals surface area (Å²) >= 11 is 0. The lowest BCUT2D eigenvalue weighted by Crippen LogP contribution is -2.15. The van der Waals surface area contributed by atoms with Gasteiger partial charge >= 0.3 is 0 Å². The van der Waals surface area contributed by atoms with Crippen LogP contribution in [0, 0.1) is 46.7 Å². The Bertz CT molecular complexity index is 1210. The Morgan fingerprint density at radius 3 is 1.97 bits per heavy atom. The van der Waals surface area contributed by atoms with Crippen LogP contribution in [0.15, 0.2) is 42.5 Å². The number of halogens is 6. The molecule has 1 fully saturated rings. The van der Waals surface area contributed by atoms with Gasteiger partial charge in [-0.15, -0.1) is 0 Å². The van der Waals surface area contributed by atoms with Gasteiger partial charge in [0.1, 0.15) is 12.4 Å². The van der Waals surface area contributed by atoms with Gasteiger partial charge < -0.3 is 4.74 Å². The van der Waals surface area contributed by atoms with E-state index < -0.39 is 34.9 Å². The fourth-order valence-electron chi connectivity index (χ4n) is 5.21. The highest BCUT2D eigenvalue weighted by molar-refractivity contribution is 5.64. The zero-order chi connectivity index (χ0) is 26.5. The molecule has 0 aliphatic heterocycles. The fourth-order valence-corrected chi connectivity index (χ4v) is 5.21. The van der Waals surface area contributed by atoms with E-state index >= 15 is 0 Å². The molecule has 0 saturated heterocycles. The third kappa shape index (κ3) is 6.49. The quantitative estimate of drug-likeness (QED) is 0.202. The van der Waals surface area contributed by atoms with Gasteiger partial charge in [0.2, 0.25) is 5.82 Å². The summed E-state index contributed by atoms with van der Waals surface area (Å²) in [7, 11) is 0. The average Bonchev–Trinajstić information content (AvgIpc) is 2.88. The zero-order valence-electron chi connectivity index (χ0n) is 20.7. The van der Waals surface area contributed by atoms with Gasteiger partial charge in [0.05, 0.1) is 0 Å². The third-order valence-electron chi connectivity index (χ3n) is 7.33. The first-order valence-corrected chi connectivity index (χ1v) is 12.8. The van der Waals surface area contributed by atoms with E-state index in [0.717, 1.165) is 31.2 Å². The summed E-state index contributed by atoms with van der Waals surface area (Å²) in [6.45, 7) is 1.95. The second-order valence-electron chi connectivity index (χ2n) is 9.92. The van der Waals surface area contributed by atoms with Crippen molar-refractivity contribution in [3.05, 3.63) is 88.5 Å². The Balaban J connectivity index is 1.36. The molecule has 0 spiro atoms. The monoisotopic (exact) mass is 520 g/mol. The lowest BCUT2D eigenvalue weighted by atomic mass is 9.78. The van der Waals surface area contributed by atoms with Crippen molar-refractivity contribution in [2.75, 3.05) is 0 Å². The smallest absolute Gasteiger partial charge is 0.200 e. The van der Waals surface area contributed by atoms with Crippen molar-refractivity contribution in [1.29, 1.82) is 0 Å². The third-order valence-corrected chi connectivity index (χ3v) is 7.33. The average molecular weight is 521 g/mol. The zero-order valence-corrected chi connectivity index (χ0v) is 20.7. The molecule has 3 aromatic rings. The number of benzene rings is 3. The molecule has 0 aromatic heterocycles. The van der Waals surface area contributed by atoms with Crippen LogP contribution in [-0.2, 0) is 13.0 Å². The van der Waals surface area contributed by atoms with Gasteiger partial charge in [-0.1, -0.05) is 63.6 Å². The van der Waals surface area contributed by atoms with Crippen LogP contribution in [0.3, 0.4) is 0 Å². The molecule has 1 saturated carbocycles. The minimum atomic E-state index is -1.64. The Kier molecular flexibility index (Phi) is 8.83. The van der Waals surface area contributed by atoms with Crippen LogP contribution < -0.4 is 4.74 Å². The van der Waals surface area contributed by atoms with Crippen molar-refractivity contribution in [2.45, 2.75) is 64.9 Å². The molecule has 0 heterocycles. The first kappa shape index (κ1) is 27.1. The van der Waals surface area contributed by atoms with Crippen LogP contribution in [0.25, 0.3) is 11.1 Å². The second-order valence-corrected chi connectivity index (χ2v) is 9.92. The van der Waals surface area contributed by atoms with E-state index in [9.17, 15) is 26.3 Å². The molecule has 1 aliphatic rings. The van der Waals surface area contributed by atoms with Crippen molar-refractivity contribution in [2.24, 2.45) is 11.8 Å². The van der Waals surface area contributed by atoms with Crippen molar-refractivity contribution in [1.82, 2.24) is 0 Å². The number of hydrogen-bond acceptors (Lipinski definition) is 1. The molecule has 1 nitrogen and oxygen atoms in total. The van der Waals surface area contributed by atoms with Crippen LogP contribution in [0.2, 0.25) is 0 Å². The highest BCUT2D eigenvalue weighted by Crippen LogP contribution is 2.35.